The molecule has 7 heteroatoms. The Morgan fingerprint density at radius 2 is 1.96 bits per heavy atom. The fraction of sp³-hybridized carbons (Fsp3) is 0.524. The van der Waals surface area contributed by atoms with Crippen LogP contribution in [-0.4, -0.2) is 47.2 Å². The van der Waals surface area contributed by atoms with Gasteiger partial charge in [-0.3, -0.25) is 14.7 Å². The molecule has 1 fully saturated rings. The Hall–Kier alpha value is -2.54. The maximum absolute atomic E-state index is 12.7. The van der Waals surface area contributed by atoms with Crippen LogP contribution >= 0.6 is 0 Å². The van der Waals surface area contributed by atoms with Crippen molar-refractivity contribution in [1.29, 1.82) is 0 Å². The van der Waals surface area contributed by atoms with Gasteiger partial charge in [-0.25, -0.2) is 9.97 Å². The fourth-order valence-corrected chi connectivity index (χ4v) is 4.16. The molecule has 148 valence electrons. The van der Waals surface area contributed by atoms with Crippen LogP contribution in [0, 0.1) is 19.8 Å². The molecule has 0 atom stereocenters. The molecular weight excluding hydrogens is 354 g/mol. The highest BCUT2D eigenvalue weighted by Gasteiger charge is 2.31. The van der Waals surface area contributed by atoms with Crippen LogP contribution in [0.5, 0.6) is 0 Å². The molecule has 0 aromatic carbocycles. The van der Waals surface area contributed by atoms with Gasteiger partial charge in [0.1, 0.15) is 0 Å². The van der Waals surface area contributed by atoms with Crippen LogP contribution < -0.4 is 10.2 Å². The molecule has 3 heterocycles. The first kappa shape index (κ1) is 18.8. The lowest BCUT2D eigenvalue weighted by molar-refractivity contribution is -0.117. The van der Waals surface area contributed by atoms with E-state index in [1.165, 1.54) is 0 Å². The maximum Gasteiger partial charge on any atom is 0.247 e. The zero-order valence-electron chi connectivity index (χ0n) is 16.7. The van der Waals surface area contributed by atoms with E-state index in [4.69, 9.17) is 9.72 Å². The average molecular weight is 381 g/mol. The van der Waals surface area contributed by atoms with Gasteiger partial charge in [-0.2, -0.15) is 0 Å². The van der Waals surface area contributed by atoms with Gasteiger partial charge in [-0.05, 0) is 57.1 Å². The third-order valence-electron chi connectivity index (χ3n) is 5.81. The molecule has 2 aromatic rings. The smallest absolute Gasteiger partial charge is 0.247 e. The van der Waals surface area contributed by atoms with E-state index in [1.807, 2.05) is 31.0 Å². The van der Waals surface area contributed by atoms with Crippen molar-refractivity contribution in [2.45, 2.75) is 45.6 Å². The monoisotopic (exact) mass is 381 g/mol. The van der Waals surface area contributed by atoms with E-state index in [0.717, 1.165) is 48.2 Å². The molecule has 1 amide bonds. The Balaban J connectivity index is 1.61. The van der Waals surface area contributed by atoms with Gasteiger partial charge in [0.2, 0.25) is 5.91 Å². The van der Waals surface area contributed by atoms with Gasteiger partial charge in [-0.15, -0.1) is 0 Å². The number of anilines is 2. The molecule has 1 aliphatic carbocycles. The number of pyridine rings is 1. The predicted molar refractivity (Wildman–Crippen MR) is 108 cm³/mol. The van der Waals surface area contributed by atoms with Crippen LogP contribution in [0.25, 0.3) is 11.3 Å². The van der Waals surface area contributed by atoms with E-state index in [9.17, 15) is 4.79 Å². The number of nitrogens with one attached hydrogen (secondary N) is 1. The van der Waals surface area contributed by atoms with Crippen molar-refractivity contribution in [3.05, 3.63) is 29.7 Å². The van der Waals surface area contributed by atoms with Crippen LogP contribution in [0.4, 0.5) is 11.6 Å². The zero-order valence-corrected chi connectivity index (χ0v) is 16.7. The summed E-state index contributed by atoms with van der Waals surface area (Å²) in [6, 6.07) is 2.03. The summed E-state index contributed by atoms with van der Waals surface area (Å²) < 4.78 is 5.47. The molecule has 0 radical (unpaired) electrons. The van der Waals surface area contributed by atoms with Crippen molar-refractivity contribution in [3.63, 3.8) is 0 Å². The molecule has 0 bridgehead atoms. The van der Waals surface area contributed by atoms with Crippen LogP contribution in [0.15, 0.2) is 18.5 Å². The van der Waals surface area contributed by atoms with Crippen molar-refractivity contribution in [2.75, 3.05) is 30.4 Å². The maximum atomic E-state index is 12.7. The standard InChI is InChI=1S/C21H27N5O2/c1-13-8-14(2)22-9-17(13)18-10-23-20-21(25-18)26(19(27)11-24-20)12-15-4-6-16(28-3)7-5-15/h8-10,15-16H,4-7,11-12H2,1-3H3,(H,23,24). The lowest BCUT2D eigenvalue weighted by Crippen LogP contribution is -2.44. The summed E-state index contributed by atoms with van der Waals surface area (Å²) in [5.41, 5.74) is 3.76. The number of hydrogen-bond acceptors (Lipinski definition) is 6. The van der Waals surface area contributed by atoms with E-state index in [2.05, 4.69) is 15.3 Å². The number of ether oxygens (including phenoxy) is 1. The summed E-state index contributed by atoms with van der Waals surface area (Å²) in [7, 11) is 1.78. The summed E-state index contributed by atoms with van der Waals surface area (Å²) in [5.74, 6) is 1.82. The van der Waals surface area contributed by atoms with Gasteiger partial charge in [-0.1, -0.05) is 0 Å². The van der Waals surface area contributed by atoms with Crippen LogP contribution in [0.3, 0.4) is 0 Å². The Morgan fingerprint density at radius 1 is 1.18 bits per heavy atom. The Labute approximate surface area is 165 Å². The van der Waals surface area contributed by atoms with Gasteiger partial charge in [0, 0.05) is 31.1 Å². The number of rotatable bonds is 4. The van der Waals surface area contributed by atoms with Crippen molar-refractivity contribution in [3.8, 4) is 11.3 Å². The molecule has 2 aromatic heterocycles. The van der Waals surface area contributed by atoms with Gasteiger partial charge >= 0.3 is 0 Å². The number of carbonyl (C=O) groups is 1. The predicted octanol–water partition coefficient (Wildman–Crippen LogP) is 3.12. The molecular formula is C21H27N5O2. The van der Waals surface area contributed by atoms with Crippen molar-refractivity contribution in [2.24, 2.45) is 5.92 Å². The van der Waals surface area contributed by atoms with Gasteiger partial charge in [0.15, 0.2) is 11.6 Å². The van der Waals surface area contributed by atoms with E-state index in [0.29, 0.717) is 30.2 Å². The molecule has 4 rings (SSSR count). The lowest BCUT2D eigenvalue weighted by atomic mass is 9.87. The van der Waals surface area contributed by atoms with Crippen LogP contribution in [0.2, 0.25) is 0 Å². The van der Waals surface area contributed by atoms with Gasteiger partial charge < -0.3 is 10.1 Å². The SMILES string of the molecule is COC1CCC(CN2C(=O)CNc3ncc(-c4cnc(C)cc4C)nc32)CC1. The first-order valence-electron chi connectivity index (χ1n) is 9.93. The van der Waals surface area contributed by atoms with Crippen molar-refractivity contribution < 1.29 is 9.53 Å². The molecule has 1 saturated carbocycles. The third-order valence-corrected chi connectivity index (χ3v) is 5.81. The highest BCUT2D eigenvalue weighted by Crippen LogP contribution is 2.33. The molecule has 0 saturated heterocycles. The first-order valence-corrected chi connectivity index (χ1v) is 9.93. The average Bonchev–Trinajstić information content (AvgIpc) is 2.70. The number of carbonyl (C=O) groups excluding carboxylic acids is 1. The summed E-state index contributed by atoms with van der Waals surface area (Å²) in [5, 5.41) is 3.10. The Bertz CT molecular complexity index is 877. The van der Waals surface area contributed by atoms with Gasteiger partial charge in [0.25, 0.3) is 0 Å². The highest BCUT2D eigenvalue weighted by molar-refractivity contribution is 6.00. The first-order chi connectivity index (χ1) is 13.5. The molecule has 28 heavy (non-hydrogen) atoms. The molecule has 1 N–H and O–H groups in total. The normalized spacial score (nSPS) is 22.0. The second-order valence-electron chi connectivity index (χ2n) is 7.80. The van der Waals surface area contributed by atoms with E-state index in [1.54, 1.807) is 13.3 Å². The van der Waals surface area contributed by atoms with Crippen molar-refractivity contribution >= 4 is 17.5 Å². The van der Waals surface area contributed by atoms with Crippen LogP contribution in [0.1, 0.15) is 36.9 Å². The minimum atomic E-state index is 0.0477. The Morgan fingerprint density at radius 3 is 2.68 bits per heavy atom. The number of hydrogen-bond donors (Lipinski definition) is 1. The minimum Gasteiger partial charge on any atom is -0.381 e. The molecule has 0 spiro atoms. The minimum absolute atomic E-state index is 0.0477. The zero-order chi connectivity index (χ0) is 19.7. The summed E-state index contributed by atoms with van der Waals surface area (Å²) in [6.45, 7) is 4.96. The highest BCUT2D eigenvalue weighted by atomic mass is 16.5. The Kier molecular flexibility index (Phi) is 5.26. The summed E-state index contributed by atoms with van der Waals surface area (Å²) >= 11 is 0. The third kappa shape index (κ3) is 3.71. The number of amides is 1. The van der Waals surface area contributed by atoms with Gasteiger partial charge in [0.05, 0.1) is 24.5 Å². The largest absolute Gasteiger partial charge is 0.381 e. The molecule has 7 nitrogen and oxygen atoms in total. The van der Waals surface area contributed by atoms with Crippen molar-refractivity contribution in [1.82, 2.24) is 15.0 Å². The second kappa shape index (κ2) is 7.83. The van der Waals surface area contributed by atoms with Crippen LogP contribution in [-0.2, 0) is 9.53 Å². The molecule has 2 aliphatic rings. The van der Waals surface area contributed by atoms with E-state index < -0.39 is 0 Å². The number of nitrogens with zero attached hydrogens (tertiary/aromatic N) is 4. The summed E-state index contributed by atoms with van der Waals surface area (Å²) in [6.07, 6.45) is 8.17. The quantitative estimate of drug-likeness (QED) is 0.876. The topological polar surface area (TPSA) is 80.2 Å². The number of aryl methyl sites for hydroxylation is 2. The molecule has 1 aliphatic heterocycles. The molecule has 0 unspecified atom stereocenters. The van der Waals surface area contributed by atoms with E-state index >= 15 is 0 Å². The summed E-state index contributed by atoms with van der Waals surface area (Å²) in [4.78, 5) is 28.2. The number of methoxy groups -OCH3 is 1. The fourth-order valence-electron chi connectivity index (χ4n) is 4.16. The van der Waals surface area contributed by atoms with E-state index in [-0.39, 0.29) is 12.5 Å². The lowest BCUT2D eigenvalue weighted by Gasteiger charge is -2.34. The second-order valence-corrected chi connectivity index (χ2v) is 7.80. The number of fused-ring (bicyclic) bond motifs is 1. The number of aromatic nitrogens is 3.